The van der Waals surface area contributed by atoms with Crippen LogP contribution in [0.2, 0.25) is 0 Å². The third kappa shape index (κ3) is 4.14. The first-order valence-corrected chi connectivity index (χ1v) is 9.48. The summed E-state index contributed by atoms with van der Waals surface area (Å²) in [6, 6.07) is 14.1. The minimum atomic E-state index is -0.423. The molecule has 1 aliphatic heterocycles. The molecule has 0 spiro atoms. The lowest BCUT2D eigenvalue weighted by molar-refractivity contribution is -0.123. The summed E-state index contributed by atoms with van der Waals surface area (Å²) in [5, 5.41) is 1.09. The van der Waals surface area contributed by atoms with E-state index in [0.717, 1.165) is 26.8 Å². The van der Waals surface area contributed by atoms with Crippen molar-refractivity contribution in [3.8, 4) is 5.75 Å². The Hall–Kier alpha value is -2.16. The van der Waals surface area contributed by atoms with Crippen molar-refractivity contribution in [1.29, 1.82) is 0 Å². The number of halogens is 1. The van der Waals surface area contributed by atoms with E-state index < -0.39 is 5.91 Å². The number of benzene rings is 2. The number of nitrogens with zero attached hydrogens (tertiary/aromatic N) is 1. The Kier molecular flexibility index (Phi) is 5.75. The van der Waals surface area contributed by atoms with Gasteiger partial charge in [0.15, 0.2) is 4.32 Å². The number of hydrogen-bond donors (Lipinski definition) is 1. The first-order chi connectivity index (χ1) is 12.5. The van der Waals surface area contributed by atoms with E-state index >= 15 is 0 Å². The second-order valence-corrected chi connectivity index (χ2v) is 7.83. The SMILES string of the molecule is COc1ccc(C(=O)NN2C(=O)C(=Cc3cccc(Br)c3)SC2=S)cc1. The van der Waals surface area contributed by atoms with Gasteiger partial charge in [0.1, 0.15) is 5.75 Å². The van der Waals surface area contributed by atoms with Crippen LogP contribution < -0.4 is 10.2 Å². The first-order valence-electron chi connectivity index (χ1n) is 7.46. The van der Waals surface area contributed by atoms with E-state index in [4.69, 9.17) is 17.0 Å². The summed E-state index contributed by atoms with van der Waals surface area (Å²) in [5.74, 6) is -0.140. The highest BCUT2D eigenvalue weighted by molar-refractivity contribution is 9.10. The maximum Gasteiger partial charge on any atom is 0.285 e. The zero-order valence-electron chi connectivity index (χ0n) is 13.6. The molecule has 1 aliphatic rings. The molecule has 0 radical (unpaired) electrons. The molecule has 1 saturated heterocycles. The lowest BCUT2D eigenvalue weighted by Gasteiger charge is -2.15. The molecule has 0 aromatic heterocycles. The predicted molar refractivity (Wildman–Crippen MR) is 110 cm³/mol. The van der Waals surface area contributed by atoms with Crippen LogP contribution in [0.1, 0.15) is 15.9 Å². The van der Waals surface area contributed by atoms with Gasteiger partial charge < -0.3 is 4.74 Å². The molecule has 132 valence electrons. The molecule has 26 heavy (non-hydrogen) atoms. The highest BCUT2D eigenvalue weighted by Crippen LogP contribution is 2.31. The van der Waals surface area contributed by atoms with Crippen LogP contribution in [0.25, 0.3) is 6.08 Å². The lowest BCUT2D eigenvalue weighted by Crippen LogP contribution is -2.44. The van der Waals surface area contributed by atoms with Crippen LogP contribution in [0.4, 0.5) is 0 Å². The maximum atomic E-state index is 12.6. The van der Waals surface area contributed by atoms with Crippen LogP contribution in [0, 0.1) is 0 Å². The van der Waals surface area contributed by atoms with Gasteiger partial charge in [-0.3, -0.25) is 15.0 Å². The molecular formula is C18H13BrN2O3S2. The number of ether oxygens (including phenoxy) is 1. The van der Waals surface area contributed by atoms with E-state index in [1.807, 2.05) is 24.3 Å². The molecule has 0 unspecified atom stereocenters. The predicted octanol–water partition coefficient (Wildman–Crippen LogP) is 4.00. The molecule has 2 aromatic rings. The summed E-state index contributed by atoms with van der Waals surface area (Å²) < 4.78 is 6.25. The molecule has 1 heterocycles. The van der Waals surface area contributed by atoms with Gasteiger partial charge in [-0.25, -0.2) is 0 Å². The number of thioether (sulfide) groups is 1. The minimum Gasteiger partial charge on any atom is -0.497 e. The fraction of sp³-hybridized carbons (Fsp3) is 0.0556. The molecule has 1 fully saturated rings. The highest BCUT2D eigenvalue weighted by Gasteiger charge is 2.33. The molecule has 2 amide bonds. The fourth-order valence-electron chi connectivity index (χ4n) is 2.22. The summed E-state index contributed by atoms with van der Waals surface area (Å²) in [7, 11) is 1.55. The van der Waals surface area contributed by atoms with Crippen molar-refractivity contribution in [3.05, 3.63) is 69.0 Å². The van der Waals surface area contributed by atoms with Crippen molar-refractivity contribution >= 4 is 62.1 Å². The van der Waals surface area contributed by atoms with Gasteiger partial charge in [-0.2, -0.15) is 5.01 Å². The van der Waals surface area contributed by atoms with Gasteiger partial charge in [-0.15, -0.1) is 0 Å². The van der Waals surface area contributed by atoms with E-state index in [-0.39, 0.29) is 10.2 Å². The molecule has 1 N–H and O–H groups in total. The van der Waals surface area contributed by atoms with Crippen LogP contribution in [0.15, 0.2) is 57.9 Å². The average molecular weight is 449 g/mol. The van der Waals surface area contributed by atoms with Crippen molar-refractivity contribution in [2.75, 3.05) is 7.11 Å². The number of carbonyl (C=O) groups is 2. The molecule has 5 nitrogen and oxygen atoms in total. The van der Waals surface area contributed by atoms with E-state index in [9.17, 15) is 9.59 Å². The van der Waals surface area contributed by atoms with Gasteiger partial charge in [0.25, 0.3) is 11.8 Å². The standard InChI is InChI=1S/C18H13BrN2O3S2/c1-24-14-7-5-12(6-8-14)16(22)20-21-17(23)15(26-18(21)25)10-11-3-2-4-13(19)9-11/h2-10H,1H3,(H,20,22). The quantitative estimate of drug-likeness (QED) is 0.565. The number of methoxy groups -OCH3 is 1. The Bertz CT molecular complexity index is 913. The third-order valence-electron chi connectivity index (χ3n) is 3.51. The largest absolute Gasteiger partial charge is 0.497 e. The number of nitrogens with one attached hydrogen (secondary N) is 1. The van der Waals surface area contributed by atoms with E-state index in [1.165, 1.54) is 0 Å². The van der Waals surface area contributed by atoms with Crippen LogP contribution in [0.3, 0.4) is 0 Å². The number of hydrogen-bond acceptors (Lipinski definition) is 5. The third-order valence-corrected chi connectivity index (χ3v) is 5.30. The number of rotatable bonds is 4. The molecular weight excluding hydrogens is 436 g/mol. The van der Waals surface area contributed by atoms with Crippen LogP contribution in [-0.2, 0) is 4.79 Å². The minimum absolute atomic E-state index is 0.276. The Labute approximate surface area is 168 Å². The summed E-state index contributed by atoms with van der Waals surface area (Å²) in [6.07, 6.45) is 1.74. The number of carbonyl (C=O) groups excluding carboxylic acids is 2. The first kappa shape index (κ1) is 18.6. The Morgan fingerprint density at radius 3 is 2.65 bits per heavy atom. The molecule has 0 atom stereocenters. The van der Waals surface area contributed by atoms with E-state index in [2.05, 4.69) is 21.4 Å². The molecule has 0 bridgehead atoms. The number of hydrazine groups is 1. The molecule has 2 aromatic carbocycles. The van der Waals surface area contributed by atoms with Gasteiger partial charge >= 0.3 is 0 Å². The van der Waals surface area contributed by atoms with Crippen molar-refractivity contribution in [2.45, 2.75) is 0 Å². The topological polar surface area (TPSA) is 58.6 Å². The van der Waals surface area contributed by atoms with Gasteiger partial charge in [0.05, 0.1) is 12.0 Å². The second-order valence-electron chi connectivity index (χ2n) is 5.24. The average Bonchev–Trinajstić information content (AvgIpc) is 2.89. The maximum absolute atomic E-state index is 12.6. The normalized spacial score (nSPS) is 15.5. The van der Waals surface area contributed by atoms with Gasteiger partial charge in [0.2, 0.25) is 0 Å². The van der Waals surface area contributed by atoms with Gasteiger partial charge in [-0.05, 0) is 60.3 Å². The Morgan fingerprint density at radius 1 is 1.27 bits per heavy atom. The van der Waals surface area contributed by atoms with Crippen LogP contribution in [0.5, 0.6) is 5.75 Å². The summed E-state index contributed by atoms with van der Waals surface area (Å²) in [5.41, 5.74) is 3.81. The van der Waals surface area contributed by atoms with E-state index in [0.29, 0.717) is 16.2 Å². The van der Waals surface area contributed by atoms with Crippen molar-refractivity contribution in [1.82, 2.24) is 10.4 Å². The summed E-state index contributed by atoms with van der Waals surface area (Å²) in [4.78, 5) is 25.4. The zero-order chi connectivity index (χ0) is 18.7. The number of thiocarbonyl (C=S) groups is 1. The Balaban J connectivity index is 1.75. The molecule has 0 saturated carbocycles. The summed E-state index contributed by atoms with van der Waals surface area (Å²) in [6.45, 7) is 0. The second kappa shape index (κ2) is 8.03. The number of amides is 2. The molecule has 3 rings (SSSR count). The van der Waals surface area contributed by atoms with Crippen molar-refractivity contribution < 1.29 is 14.3 Å². The van der Waals surface area contributed by atoms with Crippen LogP contribution in [-0.4, -0.2) is 28.3 Å². The van der Waals surface area contributed by atoms with Gasteiger partial charge in [0, 0.05) is 10.0 Å². The zero-order valence-corrected chi connectivity index (χ0v) is 16.8. The fourth-order valence-corrected chi connectivity index (χ4v) is 3.82. The van der Waals surface area contributed by atoms with Crippen LogP contribution >= 0.6 is 39.9 Å². The van der Waals surface area contributed by atoms with E-state index in [1.54, 1.807) is 37.5 Å². The van der Waals surface area contributed by atoms with Crippen molar-refractivity contribution in [3.63, 3.8) is 0 Å². The van der Waals surface area contributed by atoms with Crippen molar-refractivity contribution in [2.24, 2.45) is 0 Å². The smallest absolute Gasteiger partial charge is 0.285 e. The summed E-state index contributed by atoms with van der Waals surface area (Å²) >= 11 is 9.77. The molecule has 8 heteroatoms. The monoisotopic (exact) mass is 448 g/mol. The lowest BCUT2D eigenvalue weighted by atomic mass is 10.2. The Morgan fingerprint density at radius 2 is 2.00 bits per heavy atom. The highest BCUT2D eigenvalue weighted by atomic mass is 79.9. The molecule has 0 aliphatic carbocycles. The van der Waals surface area contributed by atoms with Gasteiger partial charge in [-0.1, -0.05) is 39.8 Å².